The third-order valence-electron chi connectivity index (χ3n) is 4.04. The van der Waals surface area contributed by atoms with E-state index >= 15 is 0 Å². The Morgan fingerprint density at radius 1 is 1.22 bits per heavy atom. The van der Waals surface area contributed by atoms with E-state index in [-0.39, 0.29) is 0 Å². The Morgan fingerprint density at radius 2 is 2.07 bits per heavy atom. The summed E-state index contributed by atoms with van der Waals surface area (Å²) >= 11 is 1.48. The number of aromatic amines is 1. The molecule has 3 heterocycles. The topological polar surface area (TPSA) is 81.0 Å². The van der Waals surface area contributed by atoms with Gasteiger partial charge >= 0.3 is 0 Å². The summed E-state index contributed by atoms with van der Waals surface area (Å²) < 4.78 is 7.11. The Balaban J connectivity index is 1.62. The van der Waals surface area contributed by atoms with Gasteiger partial charge in [-0.2, -0.15) is 14.7 Å². The van der Waals surface area contributed by atoms with Crippen molar-refractivity contribution in [3.05, 3.63) is 46.6 Å². The Bertz CT molecular complexity index is 1090. The highest BCUT2D eigenvalue weighted by molar-refractivity contribution is 7.17. The zero-order chi connectivity index (χ0) is 18.8. The fourth-order valence-corrected chi connectivity index (χ4v) is 3.59. The van der Waals surface area contributed by atoms with E-state index in [9.17, 15) is 0 Å². The molecule has 0 radical (unpaired) electrons. The standard InChI is InChI=1S/C19H20N6OS/c1-12(2)10-14-11-15(21-20-14)18-22-23-19-25(18)24-17(27-19)9-8-13-6-4-5-7-16(13)26-3/h4-9,11-12H,10H2,1-3H3,(H,20,21)/b9-8+. The maximum Gasteiger partial charge on any atom is 0.235 e. The first-order valence-corrected chi connectivity index (χ1v) is 9.53. The van der Waals surface area contributed by atoms with Crippen molar-refractivity contribution in [1.29, 1.82) is 0 Å². The average Bonchev–Trinajstić information content (AvgIpc) is 3.35. The van der Waals surface area contributed by atoms with Gasteiger partial charge in [-0.1, -0.05) is 43.4 Å². The predicted molar refractivity (Wildman–Crippen MR) is 107 cm³/mol. The summed E-state index contributed by atoms with van der Waals surface area (Å²) in [4.78, 5) is 0.734. The van der Waals surface area contributed by atoms with Crippen LogP contribution in [0.2, 0.25) is 0 Å². The van der Waals surface area contributed by atoms with Gasteiger partial charge < -0.3 is 4.74 Å². The van der Waals surface area contributed by atoms with Crippen LogP contribution in [0.3, 0.4) is 0 Å². The van der Waals surface area contributed by atoms with Gasteiger partial charge in [0, 0.05) is 11.3 Å². The van der Waals surface area contributed by atoms with E-state index in [1.54, 1.807) is 11.6 Å². The predicted octanol–water partition coefficient (Wildman–Crippen LogP) is 3.95. The van der Waals surface area contributed by atoms with Gasteiger partial charge in [-0.15, -0.1) is 10.2 Å². The SMILES string of the molecule is COc1ccccc1/C=C/c1nn2c(-c3cc(CC(C)C)[nH]n3)nnc2s1. The van der Waals surface area contributed by atoms with Crippen molar-refractivity contribution in [3.8, 4) is 17.3 Å². The lowest BCUT2D eigenvalue weighted by Crippen LogP contribution is -1.93. The molecular weight excluding hydrogens is 360 g/mol. The number of para-hydroxylation sites is 1. The number of benzene rings is 1. The van der Waals surface area contributed by atoms with E-state index in [1.807, 2.05) is 42.5 Å². The second kappa shape index (κ2) is 7.32. The number of methoxy groups -OCH3 is 1. The van der Waals surface area contributed by atoms with Gasteiger partial charge in [-0.3, -0.25) is 5.10 Å². The number of nitrogens with one attached hydrogen (secondary N) is 1. The van der Waals surface area contributed by atoms with Crippen LogP contribution < -0.4 is 4.74 Å². The van der Waals surface area contributed by atoms with Crippen molar-refractivity contribution in [3.63, 3.8) is 0 Å². The highest BCUT2D eigenvalue weighted by Crippen LogP contribution is 2.24. The maximum absolute atomic E-state index is 5.38. The molecule has 0 spiro atoms. The second-order valence-electron chi connectivity index (χ2n) is 6.61. The molecule has 0 aliphatic heterocycles. The fourth-order valence-electron chi connectivity index (χ4n) is 2.84. The van der Waals surface area contributed by atoms with Gasteiger partial charge in [0.2, 0.25) is 10.8 Å². The number of hydrogen-bond donors (Lipinski definition) is 1. The zero-order valence-electron chi connectivity index (χ0n) is 15.4. The van der Waals surface area contributed by atoms with Crippen molar-refractivity contribution < 1.29 is 4.74 Å². The highest BCUT2D eigenvalue weighted by atomic mass is 32.1. The number of aromatic nitrogens is 6. The van der Waals surface area contributed by atoms with Crippen molar-refractivity contribution in [2.45, 2.75) is 20.3 Å². The minimum absolute atomic E-state index is 0.558. The number of H-pyrrole nitrogens is 1. The molecule has 1 N–H and O–H groups in total. The lowest BCUT2D eigenvalue weighted by molar-refractivity contribution is 0.414. The minimum Gasteiger partial charge on any atom is -0.496 e. The summed E-state index contributed by atoms with van der Waals surface area (Å²) in [6, 6.07) is 9.87. The summed E-state index contributed by atoms with van der Waals surface area (Å²) in [6.07, 6.45) is 4.88. The smallest absolute Gasteiger partial charge is 0.235 e. The summed E-state index contributed by atoms with van der Waals surface area (Å²) in [5.74, 6) is 2.03. The number of hydrogen-bond acceptors (Lipinski definition) is 6. The third kappa shape index (κ3) is 3.61. The molecule has 0 aliphatic rings. The van der Waals surface area contributed by atoms with Crippen LogP contribution in [-0.2, 0) is 6.42 Å². The molecule has 0 atom stereocenters. The van der Waals surface area contributed by atoms with Crippen LogP contribution in [0, 0.1) is 5.92 Å². The number of fused-ring (bicyclic) bond motifs is 1. The summed E-state index contributed by atoms with van der Waals surface area (Å²) in [5.41, 5.74) is 2.84. The van der Waals surface area contributed by atoms with Crippen LogP contribution in [0.25, 0.3) is 28.6 Å². The van der Waals surface area contributed by atoms with E-state index in [1.165, 1.54) is 11.3 Å². The van der Waals surface area contributed by atoms with Gasteiger partial charge in [0.1, 0.15) is 16.5 Å². The lowest BCUT2D eigenvalue weighted by atomic mass is 10.1. The normalized spacial score (nSPS) is 11.9. The number of nitrogens with zero attached hydrogens (tertiary/aromatic N) is 5. The molecule has 4 rings (SSSR count). The Labute approximate surface area is 160 Å². The zero-order valence-corrected chi connectivity index (χ0v) is 16.2. The molecule has 0 saturated carbocycles. The summed E-state index contributed by atoms with van der Waals surface area (Å²) in [5, 5.41) is 21.4. The largest absolute Gasteiger partial charge is 0.496 e. The Hall–Kier alpha value is -3.00. The molecule has 27 heavy (non-hydrogen) atoms. The van der Waals surface area contributed by atoms with Crippen LogP contribution in [-0.4, -0.2) is 37.1 Å². The molecule has 0 saturated heterocycles. The van der Waals surface area contributed by atoms with Crippen LogP contribution in [0.15, 0.2) is 30.3 Å². The third-order valence-corrected chi connectivity index (χ3v) is 4.90. The molecule has 0 fully saturated rings. The van der Waals surface area contributed by atoms with Crippen molar-refractivity contribution in [2.75, 3.05) is 7.11 Å². The van der Waals surface area contributed by atoms with Gasteiger partial charge in [0.15, 0.2) is 0 Å². The molecule has 0 aliphatic carbocycles. The number of ether oxygens (including phenoxy) is 1. The molecule has 3 aromatic heterocycles. The average molecular weight is 380 g/mol. The summed E-state index contributed by atoms with van der Waals surface area (Å²) in [7, 11) is 1.67. The molecule has 138 valence electrons. The van der Waals surface area contributed by atoms with Crippen molar-refractivity contribution >= 4 is 28.4 Å². The molecule has 4 aromatic rings. The highest BCUT2D eigenvalue weighted by Gasteiger charge is 2.15. The lowest BCUT2D eigenvalue weighted by Gasteiger charge is -2.02. The van der Waals surface area contributed by atoms with E-state index in [0.717, 1.165) is 39.1 Å². The maximum atomic E-state index is 5.38. The fraction of sp³-hybridized carbons (Fsp3) is 0.263. The number of rotatable bonds is 6. The van der Waals surface area contributed by atoms with Gasteiger partial charge in [0.05, 0.1) is 7.11 Å². The molecule has 8 heteroatoms. The molecular formula is C19H20N6OS. The van der Waals surface area contributed by atoms with E-state index in [2.05, 4.69) is 39.3 Å². The molecule has 0 bridgehead atoms. The van der Waals surface area contributed by atoms with Gasteiger partial charge in [0.25, 0.3) is 0 Å². The first-order valence-electron chi connectivity index (χ1n) is 8.72. The second-order valence-corrected chi connectivity index (χ2v) is 7.60. The minimum atomic E-state index is 0.558. The molecule has 0 unspecified atom stereocenters. The summed E-state index contributed by atoms with van der Waals surface area (Å²) in [6.45, 7) is 4.35. The van der Waals surface area contributed by atoms with Crippen LogP contribution >= 0.6 is 11.3 Å². The molecule has 0 amide bonds. The first kappa shape index (κ1) is 17.4. The molecule has 1 aromatic carbocycles. The van der Waals surface area contributed by atoms with Gasteiger partial charge in [-0.25, -0.2) is 0 Å². The quantitative estimate of drug-likeness (QED) is 0.548. The van der Waals surface area contributed by atoms with Crippen molar-refractivity contribution in [1.82, 2.24) is 30.0 Å². The van der Waals surface area contributed by atoms with Crippen LogP contribution in [0.4, 0.5) is 0 Å². The van der Waals surface area contributed by atoms with Crippen LogP contribution in [0.1, 0.15) is 30.1 Å². The first-order chi connectivity index (χ1) is 13.1. The van der Waals surface area contributed by atoms with Gasteiger partial charge in [-0.05, 0) is 36.6 Å². The van der Waals surface area contributed by atoms with E-state index in [4.69, 9.17) is 4.74 Å². The van der Waals surface area contributed by atoms with E-state index < -0.39 is 0 Å². The van der Waals surface area contributed by atoms with E-state index in [0.29, 0.717) is 11.7 Å². The monoisotopic (exact) mass is 380 g/mol. The van der Waals surface area contributed by atoms with Crippen LogP contribution in [0.5, 0.6) is 5.75 Å². The van der Waals surface area contributed by atoms with Crippen molar-refractivity contribution in [2.24, 2.45) is 5.92 Å². The Morgan fingerprint density at radius 3 is 2.89 bits per heavy atom. The Kier molecular flexibility index (Phi) is 4.72. The molecule has 7 nitrogen and oxygen atoms in total.